The molecule has 1 aromatic carbocycles. The molecule has 1 aromatic heterocycles. The Balaban J connectivity index is 2.15. The lowest BCUT2D eigenvalue weighted by Crippen LogP contribution is -2.40. The topological polar surface area (TPSA) is 51.0 Å². The van der Waals surface area contributed by atoms with Crippen molar-refractivity contribution in [1.82, 2.24) is 4.98 Å². The molecule has 1 heterocycles. The molecule has 0 amide bonds. The largest absolute Gasteiger partial charge is 0.411 e. The van der Waals surface area contributed by atoms with Crippen LogP contribution in [0.4, 0.5) is 0 Å². The summed E-state index contributed by atoms with van der Waals surface area (Å²) < 4.78 is 6.25. The second-order valence-corrected chi connectivity index (χ2v) is 11.8. The number of hydrogen-bond donors (Lipinski definition) is 2. The third-order valence-electron chi connectivity index (χ3n) is 4.37. The molecule has 0 aliphatic heterocycles. The number of benzene rings is 1. The van der Waals surface area contributed by atoms with Crippen LogP contribution < -0.4 is 5.73 Å². The van der Waals surface area contributed by atoms with Gasteiger partial charge in [-0.25, -0.2) is 0 Å². The smallest absolute Gasteiger partial charge is 0.192 e. The van der Waals surface area contributed by atoms with Crippen LogP contribution in [0.1, 0.15) is 32.0 Å². The van der Waals surface area contributed by atoms with Crippen LogP contribution in [-0.4, -0.2) is 13.3 Å². The fourth-order valence-electron chi connectivity index (χ4n) is 1.91. The Labute approximate surface area is 122 Å². The fourth-order valence-corrected chi connectivity index (χ4v) is 2.86. The highest BCUT2D eigenvalue weighted by molar-refractivity contribution is 6.74. The van der Waals surface area contributed by atoms with Crippen LogP contribution in [0.3, 0.4) is 0 Å². The zero-order valence-corrected chi connectivity index (χ0v) is 14.2. The van der Waals surface area contributed by atoms with Crippen molar-refractivity contribution in [2.75, 3.05) is 0 Å². The van der Waals surface area contributed by atoms with E-state index in [9.17, 15) is 0 Å². The van der Waals surface area contributed by atoms with E-state index in [1.165, 1.54) is 5.39 Å². The first-order valence-corrected chi connectivity index (χ1v) is 10.1. The van der Waals surface area contributed by atoms with Crippen LogP contribution in [0.2, 0.25) is 18.1 Å². The van der Waals surface area contributed by atoms with E-state index in [-0.39, 0.29) is 5.04 Å². The number of fused-ring (bicyclic) bond motifs is 1. The number of nitrogens with two attached hydrogens (primary N) is 1. The molecule has 0 saturated carbocycles. The zero-order chi connectivity index (χ0) is 15.0. The van der Waals surface area contributed by atoms with Crippen molar-refractivity contribution in [2.24, 2.45) is 5.73 Å². The number of nitrogens with one attached hydrogen (secondary N) is 1. The molecule has 0 fully saturated rings. The first kappa shape index (κ1) is 15.3. The lowest BCUT2D eigenvalue weighted by molar-refractivity contribution is 0.273. The number of hydrogen-bond acceptors (Lipinski definition) is 2. The number of H-pyrrole nitrogens is 1. The summed E-state index contributed by atoms with van der Waals surface area (Å²) >= 11 is 0. The molecule has 0 aliphatic carbocycles. The molecule has 2 aromatic rings. The van der Waals surface area contributed by atoms with Gasteiger partial charge in [0.1, 0.15) is 0 Å². The molecule has 0 bridgehead atoms. The van der Waals surface area contributed by atoms with E-state index in [1.807, 2.05) is 0 Å². The van der Waals surface area contributed by atoms with Crippen LogP contribution >= 0.6 is 0 Å². The molecule has 20 heavy (non-hydrogen) atoms. The van der Waals surface area contributed by atoms with Crippen molar-refractivity contribution in [1.29, 1.82) is 0 Å². The molecule has 0 aliphatic rings. The molecule has 0 radical (unpaired) electrons. The molecule has 0 spiro atoms. The summed E-state index contributed by atoms with van der Waals surface area (Å²) in [5.74, 6) is 0. The summed E-state index contributed by atoms with van der Waals surface area (Å²) in [7, 11) is -1.69. The molecule has 3 nitrogen and oxygen atoms in total. The molecule has 3 N–H and O–H groups in total. The summed E-state index contributed by atoms with van der Waals surface area (Å²) in [6.45, 7) is 12.6. The standard InChI is InChI=1S/C16H26N2OSi/c1-16(2,3)20(4,5)19-11-14-9-13-7-6-12(10-17)8-15(13)18-14/h6-9,18H,10-11,17H2,1-5H3. The second-order valence-electron chi connectivity index (χ2n) is 6.97. The summed E-state index contributed by atoms with van der Waals surface area (Å²) in [5.41, 5.74) is 9.11. The molecular weight excluding hydrogens is 264 g/mol. The maximum absolute atomic E-state index is 6.25. The normalized spacial score (nSPS) is 13.1. The van der Waals surface area contributed by atoms with E-state index in [0.717, 1.165) is 16.8 Å². The number of aromatic amines is 1. The Morgan fingerprint density at radius 2 is 1.90 bits per heavy atom. The average Bonchev–Trinajstić information content (AvgIpc) is 2.76. The van der Waals surface area contributed by atoms with E-state index in [0.29, 0.717) is 13.2 Å². The first-order valence-electron chi connectivity index (χ1n) is 7.17. The Hall–Kier alpha value is -1.10. The van der Waals surface area contributed by atoms with Gasteiger partial charge in [-0.15, -0.1) is 0 Å². The van der Waals surface area contributed by atoms with Crippen molar-refractivity contribution < 1.29 is 4.43 Å². The van der Waals surface area contributed by atoms with Crippen LogP contribution in [0.5, 0.6) is 0 Å². The van der Waals surface area contributed by atoms with Gasteiger partial charge in [0.2, 0.25) is 0 Å². The average molecular weight is 290 g/mol. The van der Waals surface area contributed by atoms with Crippen LogP contribution in [-0.2, 0) is 17.6 Å². The Morgan fingerprint density at radius 1 is 1.20 bits per heavy atom. The maximum atomic E-state index is 6.25. The van der Waals surface area contributed by atoms with E-state index in [4.69, 9.17) is 10.2 Å². The summed E-state index contributed by atoms with van der Waals surface area (Å²) in [6.07, 6.45) is 0. The van der Waals surface area contributed by atoms with E-state index >= 15 is 0 Å². The minimum atomic E-state index is -1.69. The van der Waals surface area contributed by atoms with Crippen molar-refractivity contribution in [3.8, 4) is 0 Å². The Kier molecular flexibility index (Phi) is 4.09. The van der Waals surface area contributed by atoms with Gasteiger partial charge >= 0.3 is 0 Å². The van der Waals surface area contributed by atoms with Crippen molar-refractivity contribution in [3.63, 3.8) is 0 Å². The zero-order valence-electron chi connectivity index (χ0n) is 13.2. The second kappa shape index (κ2) is 5.35. The van der Waals surface area contributed by atoms with Crippen LogP contribution in [0.25, 0.3) is 10.9 Å². The number of rotatable bonds is 4. The van der Waals surface area contributed by atoms with Gasteiger partial charge in [-0.3, -0.25) is 0 Å². The molecule has 0 atom stereocenters. The SMILES string of the molecule is CC(C)(C)[Si](C)(C)OCc1cc2ccc(CN)cc2[nH]1. The molecular formula is C16H26N2OSi. The Morgan fingerprint density at radius 3 is 2.50 bits per heavy atom. The third kappa shape index (κ3) is 3.14. The quantitative estimate of drug-likeness (QED) is 0.831. The van der Waals surface area contributed by atoms with Crippen molar-refractivity contribution >= 4 is 19.2 Å². The highest BCUT2D eigenvalue weighted by Crippen LogP contribution is 2.37. The van der Waals surface area contributed by atoms with Crippen molar-refractivity contribution in [2.45, 2.75) is 52.1 Å². The lowest BCUT2D eigenvalue weighted by Gasteiger charge is -2.36. The van der Waals surface area contributed by atoms with Crippen LogP contribution in [0.15, 0.2) is 24.3 Å². The fraction of sp³-hybridized carbons (Fsp3) is 0.500. The van der Waals surface area contributed by atoms with Gasteiger partial charge in [-0.2, -0.15) is 0 Å². The predicted octanol–water partition coefficient (Wildman–Crippen LogP) is 4.15. The molecule has 0 saturated heterocycles. The monoisotopic (exact) mass is 290 g/mol. The van der Waals surface area contributed by atoms with E-state index < -0.39 is 8.32 Å². The summed E-state index contributed by atoms with van der Waals surface area (Å²) in [6, 6.07) is 8.48. The van der Waals surface area contributed by atoms with Gasteiger partial charge in [0.25, 0.3) is 0 Å². The maximum Gasteiger partial charge on any atom is 0.192 e. The minimum absolute atomic E-state index is 0.242. The van der Waals surface area contributed by atoms with E-state index in [1.54, 1.807) is 0 Å². The summed E-state index contributed by atoms with van der Waals surface area (Å²) in [5, 5.41) is 1.46. The molecule has 4 heteroatoms. The Bertz CT molecular complexity index is 596. The van der Waals surface area contributed by atoms with Crippen molar-refractivity contribution in [3.05, 3.63) is 35.5 Å². The summed E-state index contributed by atoms with van der Waals surface area (Å²) in [4.78, 5) is 3.44. The van der Waals surface area contributed by atoms with Gasteiger partial charge in [-0.05, 0) is 41.2 Å². The highest BCUT2D eigenvalue weighted by Gasteiger charge is 2.37. The van der Waals surface area contributed by atoms with Gasteiger partial charge < -0.3 is 15.1 Å². The highest BCUT2D eigenvalue weighted by atomic mass is 28.4. The van der Waals surface area contributed by atoms with Gasteiger partial charge in [-0.1, -0.05) is 32.9 Å². The third-order valence-corrected chi connectivity index (χ3v) is 8.85. The molecule has 0 unspecified atom stereocenters. The van der Waals surface area contributed by atoms with Crippen LogP contribution in [0, 0.1) is 0 Å². The predicted molar refractivity (Wildman–Crippen MR) is 88.2 cm³/mol. The molecule has 110 valence electrons. The van der Waals surface area contributed by atoms with Gasteiger partial charge in [0.05, 0.1) is 6.61 Å². The first-order chi connectivity index (χ1) is 9.23. The number of aromatic nitrogens is 1. The van der Waals surface area contributed by atoms with E-state index in [2.05, 4.69) is 63.1 Å². The van der Waals surface area contributed by atoms with Gasteiger partial charge in [0.15, 0.2) is 8.32 Å². The molecule has 2 rings (SSSR count). The minimum Gasteiger partial charge on any atom is -0.411 e. The lowest BCUT2D eigenvalue weighted by atomic mass is 10.2. The van der Waals surface area contributed by atoms with Gasteiger partial charge in [0, 0.05) is 17.8 Å².